The predicted octanol–water partition coefficient (Wildman–Crippen LogP) is 1.61. The molecule has 70 valence electrons. The molecular weight excluding hydrogens is 169 g/mol. The SMILES string of the molecule is Oc1ccc(F)cc1[C@@H]1CCNC1. The highest BCUT2D eigenvalue weighted by molar-refractivity contribution is 5.36. The lowest BCUT2D eigenvalue weighted by Crippen LogP contribution is -2.08. The lowest BCUT2D eigenvalue weighted by molar-refractivity contribution is 0.459. The van der Waals surface area contributed by atoms with E-state index in [1.807, 2.05) is 0 Å². The molecule has 0 spiro atoms. The van der Waals surface area contributed by atoms with Crippen molar-refractivity contribution in [2.45, 2.75) is 12.3 Å². The van der Waals surface area contributed by atoms with E-state index in [2.05, 4.69) is 5.32 Å². The van der Waals surface area contributed by atoms with Crippen LogP contribution < -0.4 is 5.32 Å². The topological polar surface area (TPSA) is 32.3 Å². The van der Waals surface area contributed by atoms with Crippen molar-refractivity contribution in [2.24, 2.45) is 0 Å². The maximum Gasteiger partial charge on any atom is 0.123 e. The Morgan fingerprint density at radius 2 is 2.31 bits per heavy atom. The van der Waals surface area contributed by atoms with Gasteiger partial charge >= 0.3 is 0 Å². The molecule has 13 heavy (non-hydrogen) atoms. The number of benzene rings is 1. The molecule has 1 aromatic rings. The Labute approximate surface area is 76.4 Å². The molecule has 2 nitrogen and oxygen atoms in total. The quantitative estimate of drug-likeness (QED) is 0.689. The summed E-state index contributed by atoms with van der Waals surface area (Å²) in [6.07, 6.45) is 0.969. The Bertz CT molecular complexity index is 308. The smallest absolute Gasteiger partial charge is 0.123 e. The molecular formula is C10H12FNO. The van der Waals surface area contributed by atoms with Crippen LogP contribution in [0.25, 0.3) is 0 Å². The summed E-state index contributed by atoms with van der Waals surface area (Å²) < 4.78 is 12.9. The average molecular weight is 181 g/mol. The van der Waals surface area contributed by atoms with Gasteiger partial charge in [-0.05, 0) is 31.2 Å². The molecule has 1 aliphatic rings. The van der Waals surface area contributed by atoms with Gasteiger partial charge in [-0.1, -0.05) is 0 Å². The predicted molar refractivity (Wildman–Crippen MR) is 48.3 cm³/mol. The van der Waals surface area contributed by atoms with E-state index in [9.17, 15) is 9.50 Å². The standard InChI is InChI=1S/C10H12FNO/c11-8-1-2-10(13)9(5-8)7-3-4-12-6-7/h1-2,5,7,12-13H,3-4,6H2/t7-/m1/s1. The monoisotopic (exact) mass is 181 g/mol. The minimum atomic E-state index is -0.278. The molecule has 0 amide bonds. The fourth-order valence-corrected chi connectivity index (χ4v) is 1.77. The summed E-state index contributed by atoms with van der Waals surface area (Å²) in [6.45, 7) is 1.78. The molecule has 2 N–H and O–H groups in total. The number of hydrogen-bond donors (Lipinski definition) is 2. The fraction of sp³-hybridized carbons (Fsp3) is 0.400. The van der Waals surface area contributed by atoms with Crippen molar-refractivity contribution in [2.75, 3.05) is 13.1 Å². The zero-order valence-corrected chi connectivity index (χ0v) is 7.26. The normalized spacial score (nSPS) is 22.1. The van der Waals surface area contributed by atoms with Crippen molar-refractivity contribution in [3.05, 3.63) is 29.6 Å². The molecule has 0 saturated carbocycles. The third-order valence-corrected chi connectivity index (χ3v) is 2.49. The minimum absolute atomic E-state index is 0.204. The van der Waals surface area contributed by atoms with Gasteiger partial charge in [-0.15, -0.1) is 0 Å². The first-order valence-corrected chi connectivity index (χ1v) is 4.46. The molecule has 1 saturated heterocycles. The minimum Gasteiger partial charge on any atom is -0.508 e. The van der Waals surface area contributed by atoms with E-state index in [0.717, 1.165) is 25.1 Å². The summed E-state index contributed by atoms with van der Waals surface area (Å²) in [5, 5.41) is 12.7. The molecule has 3 heteroatoms. The van der Waals surface area contributed by atoms with Gasteiger partial charge in [0.25, 0.3) is 0 Å². The third kappa shape index (κ3) is 1.65. The number of halogens is 1. The van der Waals surface area contributed by atoms with Crippen molar-refractivity contribution in [3.8, 4) is 5.75 Å². The molecule has 0 unspecified atom stereocenters. The van der Waals surface area contributed by atoms with Crippen LogP contribution in [0.5, 0.6) is 5.75 Å². The summed E-state index contributed by atoms with van der Waals surface area (Å²) >= 11 is 0. The van der Waals surface area contributed by atoms with Crippen molar-refractivity contribution in [3.63, 3.8) is 0 Å². The molecule has 0 aliphatic carbocycles. The second kappa shape index (κ2) is 3.34. The van der Waals surface area contributed by atoms with Gasteiger partial charge in [-0.25, -0.2) is 4.39 Å². The summed E-state index contributed by atoms with van der Waals surface area (Å²) in [6, 6.07) is 4.12. The lowest BCUT2D eigenvalue weighted by atomic mass is 9.97. The molecule has 1 heterocycles. The molecule has 1 fully saturated rings. The number of hydrogen-bond acceptors (Lipinski definition) is 2. The van der Waals surface area contributed by atoms with E-state index < -0.39 is 0 Å². The Balaban J connectivity index is 2.32. The molecule has 0 bridgehead atoms. The van der Waals surface area contributed by atoms with E-state index in [1.165, 1.54) is 18.2 Å². The molecule has 0 aromatic heterocycles. The second-order valence-corrected chi connectivity index (χ2v) is 3.39. The Morgan fingerprint density at radius 1 is 1.46 bits per heavy atom. The Kier molecular flexibility index (Phi) is 2.19. The van der Waals surface area contributed by atoms with Crippen LogP contribution in [-0.4, -0.2) is 18.2 Å². The van der Waals surface area contributed by atoms with Crippen LogP contribution in [-0.2, 0) is 0 Å². The molecule has 2 rings (SSSR count). The van der Waals surface area contributed by atoms with Gasteiger partial charge in [0, 0.05) is 18.0 Å². The third-order valence-electron chi connectivity index (χ3n) is 2.49. The van der Waals surface area contributed by atoms with Crippen molar-refractivity contribution in [1.82, 2.24) is 5.32 Å². The first-order chi connectivity index (χ1) is 6.27. The summed E-state index contributed by atoms with van der Waals surface area (Å²) in [5.74, 6) is 0.186. The van der Waals surface area contributed by atoms with Gasteiger partial charge in [0.15, 0.2) is 0 Å². The maximum absolute atomic E-state index is 12.9. The summed E-state index contributed by atoms with van der Waals surface area (Å²) in [4.78, 5) is 0. The highest BCUT2D eigenvalue weighted by Crippen LogP contribution is 2.30. The van der Waals surface area contributed by atoms with E-state index >= 15 is 0 Å². The first kappa shape index (κ1) is 8.51. The number of nitrogens with one attached hydrogen (secondary N) is 1. The largest absolute Gasteiger partial charge is 0.508 e. The van der Waals surface area contributed by atoms with E-state index in [1.54, 1.807) is 0 Å². The van der Waals surface area contributed by atoms with E-state index in [4.69, 9.17) is 0 Å². The van der Waals surface area contributed by atoms with Gasteiger partial charge in [0.05, 0.1) is 0 Å². The van der Waals surface area contributed by atoms with Crippen LogP contribution in [0, 0.1) is 5.82 Å². The number of phenols is 1. The molecule has 1 aliphatic heterocycles. The summed E-state index contributed by atoms with van der Waals surface area (Å²) in [5.41, 5.74) is 0.727. The first-order valence-electron chi connectivity index (χ1n) is 4.46. The Morgan fingerprint density at radius 3 is 3.00 bits per heavy atom. The van der Waals surface area contributed by atoms with Gasteiger partial charge in [-0.2, -0.15) is 0 Å². The fourth-order valence-electron chi connectivity index (χ4n) is 1.77. The van der Waals surface area contributed by atoms with Crippen LogP contribution in [0.3, 0.4) is 0 Å². The zero-order chi connectivity index (χ0) is 9.26. The van der Waals surface area contributed by atoms with Crippen LogP contribution in [0.15, 0.2) is 18.2 Å². The van der Waals surface area contributed by atoms with E-state index in [-0.39, 0.29) is 17.5 Å². The van der Waals surface area contributed by atoms with Crippen molar-refractivity contribution < 1.29 is 9.50 Å². The van der Waals surface area contributed by atoms with Crippen LogP contribution in [0.1, 0.15) is 17.9 Å². The van der Waals surface area contributed by atoms with Gasteiger partial charge < -0.3 is 10.4 Å². The van der Waals surface area contributed by atoms with Crippen molar-refractivity contribution >= 4 is 0 Å². The van der Waals surface area contributed by atoms with Crippen LogP contribution in [0.2, 0.25) is 0 Å². The maximum atomic E-state index is 12.9. The number of rotatable bonds is 1. The molecule has 1 atom stereocenters. The van der Waals surface area contributed by atoms with Gasteiger partial charge in [-0.3, -0.25) is 0 Å². The van der Waals surface area contributed by atoms with Gasteiger partial charge in [0.1, 0.15) is 11.6 Å². The summed E-state index contributed by atoms with van der Waals surface area (Å²) in [7, 11) is 0. The highest BCUT2D eigenvalue weighted by atomic mass is 19.1. The van der Waals surface area contributed by atoms with E-state index in [0.29, 0.717) is 0 Å². The van der Waals surface area contributed by atoms with Gasteiger partial charge in [0.2, 0.25) is 0 Å². The second-order valence-electron chi connectivity index (χ2n) is 3.39. The highest BCUT2D eigenvalue weighted by Gasteiger charge is 2.19. The molecule has 0 radical (unpaired) electrons. The van der Waals surface area contributed by atoms with Crippen LogP contribution >= 0.6 is 0 Å². The van der Waals surface area contributed by atoms with Crippen LogP contribution in [0.4, 0.5) is 4.39 Å². The van der Waals surface area contributed by atoms with Crippen molar-refractivity contribution in [1.29, 1.82) is 0 Å². The molecule has 1 aromatic carbocycles. The zero-order valence-electron chi connectivity index (χ0n) is 7.26. The Hall–Kier alpha value is -1.09. The number of phenolic OH excluding ortho intramolecular Hbond substituents is 1. The lowest BCUT2D eigenvalue weighted by Gasteiger charge is -2.10. The number of aromatic hydroxyl groups is 1. The average Bonchev–Trinajstić information content (AvgIpc) is 2.61.